The molecular weight excluding hydrogens is 438 g/mol. The van der Waals surface area contributed by atoms with Gasteiger partial charge < -0.3 is 15.1 Å². The zero-order valence-corrected chi connectivity index (χ0v) is 19.8. The molecule has 3 aromatic rings. The van der Waals surface area contributed by atoms with Gasteiger partial charge in [0.2, 0.25) is 17.8 Å². The SMILES string of the molecule is O=C(NC1CCN(c2ncccn2)CC1)C1CCC(=O)N(Cc2ccccc2)C1c1ccccc1. The molecule has 2 aliphatic rings. The van der Waals surface area contributed by atoms with Gasteiger partial charge in [-0.1, -0.05) is 60.7 Å². The average Bonchev–Trinajstić information content (AvgIpc) is 2.91. The number of likely N-dealkylation sites (tertiary alicyclic amines) is 1. The Bertz CT molecular complexity index is 1120. The van der Waals surface area contributed by atoms with Gasteiger partial charge in [-0.25, -0.2) is 9.97 Å². The number of carbonyl (C=O) groups excluding carboxylic acids is 2. The van der Waals surface area contributed by atoms with E-state index in [2.05, 4.69) is 20.2 Å². The van der Waals surface area contributed by atoms with Gasteiger partial charge >= 0.3 is 0 Å². The number of anilines is 1. The Labute approximate surface area is 206 Å². The summed E-state index contributed by atoms with van der Waals surface area (Å²) in [6, 6.07) is 21.6. The third-order valence-electron chi connectivity index (χ3n) is 7.06. The van der Waals surface area contributed by atoms with Gasteiger partial charge in [-0.3, -0.25) is 9.59 Å². The topological polar surface area (TPSA) is 78.4 Å². The first kappa shape index (κ1) is 23.0. The van der Waals surface area contributed by atoms with E-state index >= 15 is 0 Å². The second-order valence-corrected chi connectivity index (χ2v) is 9.33. The fourth-order valence-electron chi connectivity index (χ4n) is 5.24. The van der Waals surface area contributed by atoms with Gasteiger partial charge in [-0.05, 0) is 36.5 Å². The molecule has 3 heterocycles. The second-order valence-electron chi connectivity index (χ2n) is 9.33. The highest BCUT2D eigenvalue weighted by Crippen LogP contribution is 2.38. The number of piperidine rings is 2. The molecule has 0 aliphatic carbocycles. The number of hydrogen-bond acceptors (Lipinski definition) is 5. The normalized spacial score (nSPS) is 21.1. The van der Waals surface area contributed by atoms with Gasteiger partial charge in [0.25, 0.3) is 0 Å². The summed E-state index contributed by atoms with van der Waals surface area (Å²) in [5, 5.41) is 3.32. The zero-order chi connectivity index (χ0) is 24.0. The Hall–Kier alpha value is -3.74. The molecule has 5 rings (SSSR count). The van der Waals surface area contributed by atoms with Crippen LogP contribution < -0.4 is 10.2 Å². The van der Waals surface area contributed by atoms with Gasteiger partial charge in [-0.2, -0.15) is 0 Å². The number of carbonyl (C=O) groups is 2. The Kier molecular flexibility index (Phi) is 7.02. The average molecular weight is 470 g/mol. The van der Waals surface area contributed by atoms with E-state index in [1.807, 2.05) is 71.6 Å². The first-order valence-electron chi connectivity index (χ1n) is 12.4. The van der Waals surface area contributed by atoms with Crippen molar-refractivity contribution in [1.29, 1.82) is 0 Å². The Morgan fingerprint density at radius 3 is 2.23 bits per heavy atom. The van der Waals surface area contributed by atoms with E-state index in [0.717, 1.165) is 43.0 Å². The zero-order valence-electron chi connectivity index (χ0n) is 19.8. The molecule has 2 fully saturated rings. The van der Waals surface area contributed by atoms with Gasteiger partial charge in [0.1, 0.15) is 0 Å². The summed E-state index contributed by atoms with van der Waals surface area (Å²) in [6.07, 6.45) is 6.15. The summed E-state index contributed by atoms with van der Waals surface area (Å²) in [6.45, 7) is 2.11. The van der Waals surface area contributed by atoms with Crippen molar-refractivity contribution in [1.82, 2.24) is 20.2 Å². The summed E-state index contributed by atoms with van der Waals surface area (Å²) in [5.41, 5.74) is 2.08. The molecule has 1 N–H and O–H groups in total. The lowest BCUT2D eigenvalue weighted by molar-refractivity contribution is -0.144. The molecule has 35 heavy (non-hydrogen) atoms. The van der Waals surface area contributed by atoms with E-state index in [0.29, 0.717) is 19.4 Å². The lowest BCUT2D eigenvalue weighted by atomic mass is 9.83. The molecule has 2 saturated heterocycles. The van der Waals surface area contributed by atoms with Crippen LogP contribution in [0.5, 0.6) is 0 Å². The minimum atomic E-state index is -0.283. The van der Waals surface area contributed by atoms with Crippen molar-refractivity contribution in [2.45, 2.75) is 44.3 Å². The van der Waals surface area contributed by atoms with Crippen molar-refractivity contribution >= 4 is 17.8 Å². The summed E-state index contributed by atoms with van der Waals surface area (Å²) in [7, 11) is 0. The molecule has 0 bridgehead atoms. The highest BCUT2D eigenvalue weighted by molar-refractivity contribution is 5.85. The molecule has 2 aromatic carbocycles. The van der Waals surface area contributed by atoms with Crippen molar-refractivity contribution in [2.24, 2.45) is 5.92 Å². The molecular formula is C28H31N5O2. The number of benzene rings is 2. The summed E-state index contributed by atoms with van der Waals surface area (Å²) in [4.78, 5) is 39.5. The molecule has 0 spiro atoms. The van der Waals surface area contributed by atoms with E-state index in [1.165, 1.54) is 0 Å². The van der Waals surface area contributed by atoms with Crippen molar-refractivity contribution in [3.63, 3.8) is 0 Å². The monoisotopic (exact) mass is 469 g/mol. The second kappa shape index (κ2) is 10.7. The number of aromatic nitrogens is 2. The molecule has 7 heteroatoms. The number of nitrogens with one attached hydrogen (secondary N) is 1. The molecule has 1 aromatic heterocycles. The van der Waals surface area contributed by atoms with Crippen LogP contribution in [0.15, 0.2) is 79.1 Å². The fourth-order valence-corrected chi connectivity index (χ4v) is 5.24. The van der Waals surface area contributed by atoms with Crippen LogP contribution in [0.25, 0.3) is 0 Å². The highest BCUT2D eigenvalue weighted by Gasteiger charge is 2.41. The van der Waals surface area contributed by atoms with E-state index in [9.17, 15) is 9.59 Å². The minimum Gasteiger partial charge on any atom is -0.353 e. The van der Waals surface area contributed by atoms with E-state index < -0.39 is 0 Å². The Morgan fingerprint density at radius 1 is 0.886 bits per heavy atom. The minimum absolute atomic E-state index is 0.0406. The molecule has 2 atom stereocenters. The van der Waals surface area contributed by atoms with Crippen LogP contribution in [0.1, 0.15) is 42.9 Å². The van der Waals surface area contributed by atoms with Crippen molar-refractivity contribution in [3.8, 4) is 0 Å². The van der Waals surface area contributed by atoms with Crippen LogP contribution >= 0.6 is 0 Å². The molecule has 2 amide bonds. The number of nitrogens with zero attached hydrogens (tertiary/aromatic N) is 4. The summed E-state index contributed by atoms with van der Waals surface area (Å²) >= 11 is 0. The van der Waals surface area contributed by atoms with Crippen LogP contribution in [-0.4, -0.2) is 45.8 Å². The molecule has 0 saturated carbocycles. The van der Waals surface area contributed by atoms with Crippen LogP contribution in [0.4, 0.5) is 5.95 Å². The molecule has 2 unspecified atom stereocenters. The quantitative estimate of drug-likeness (QED) is 0.595. The molecule has 2 aliphatic heterocycles. The summed E-state index contributed by atoms with van der Waals surface area (Å²) < 4.78 is 0. The van der Waals surface area contributed by atoms with Crippen molar-refractivity contribution in [2.75, 3.05) is 18.0 Å². The third kappa shape index (κ3) is 5.34. The maximum Gasteiger partial charge on any atom is 0.225 e. The van der Waals surface area contributed by atoms with Crippen LogP contribution in [-0.2, 0) is 16.1 Å². The maximum absolute atomic E-state index is 13.6. The predicted octanol–water partition coefficient (Wildman–Crippen LogP) is 3.74. The highest BCUT2D eigenvalue weighted by atomic mass is 16.2. The Balaban J connectivity index is 1.31. The maximum atomic E-state index is 13.6. The van der Waals surface area contributed by atoms with Gasteiger partial charge in [0, 0.05) is 44.5 Å². The first-order chi connectivity index (χ1) is 17.2. The lowest BCUT2D eigenvalue weighted by Gasteiger charge is -2.42. The van der Waals surface area contributed by atoms with E-state index in [-0.39, 0.29) is 29.8 Å². The van der Waals surface area contributed by atoms with Crippen molar-refractivity contribution < 1.29 is 9.59 Å². The number of rotatable bonds is 6. The third-order valence-corrected chi connectivity index (χ3v) is 7.06. The van der Waals surface area contributed by atoms with Crippen LogP contribution in [0.3, 0.4) is 0 Å². The smallest absolute Gasteiger partial charge is 0.225 e. The van der Waals surface area contributed by atoms with Crippen molar-refractivity contribution in [3.05, 3.63) is 90.3 Å². The lowest BCUT2D eigenvalue weighted by Crippen LogP contribution is -2.51. The van der Waals surface area contributed by atoms with E-state index in [1.54, 1.807) is 12.4 Å². The van der Waals surface area contributed by atoms with Gasteiger partial charge in [0.05, 0.1) is 12.0 Å². The summed E-state index contributed by atoms with van der Waals surface area (Å²) in [5.74, 6) is 0.597. The standard InChI is InChI=1S/C28H31N5O2/c34-25-13-12-24(27(35)31-23-14-18-32(19-15-23)28-29-16-7-17-30-28)26(22-10-5-2-6-11-22)33(25)20-21-8-3-1-4-9-21/h1-11,16-17,23-24,26H,12-15,18-20H2,(H,31,35). The first-order valence-corrected chi connectivity index (χ1v) is 12.4. The van der Waals surface area contributed by atoms with Crippen LogP contribution in [0.2, 0.25) is 0 Å². The molecule has 7 nitrogen and oxygen atoms in total. The Morgan fingerprint density at radius 2 is 1.54 bits per heavy atom. The number of amides is 2. The number of hydrogen-bond donors (Lipinski definition) is 1. The fraction of sp³-hybridized carbons (Fsp3) is 0.357. The van der Waals surface area contributed by atoms with E-state index in [4.69, 9.17) is 0 Å². The largest absolute Gasteiger partial charge is 0.353 e. The van der Waals surface area contributed by atoms with Gasteiger partial charge in [0.15, 0.2) is 0 Å². The predicted molar refractivity (Wildman–Crippen MR) is 134 cm³/mol. The molecule has 0 radical (unpaired) electrons. The molecule has 180 valence electrons. The van der Waals surface area contributed by atoms with Crippen LogP contribution in [0, 0.1) is 5.92 Å². The van der Waals surface area contributed by atoms with Gasteiger partial charge in [-0.15, -0.1) is 0 Å².